The maximum absolute atomic E-state index is 5.78. The molecule has 1 aromatic carbocycles. The monoisotopic (exact) mass is 240 g/mol. The van der Waals surface area contributed by atoms with Crippen LogP contribution in [0, 0.1) is 0 Å². The number of hydrogen-bond donors (Lipinski definition) is 1. The zero-order chi connectivity index (χ0) is 12.5. The van der Waals surface area contributed by atoms with E-state index in [1.807, 2.05) is 25.1 Å². The number of nitrogen functional groups attached to an aromatic ring is 1. The lowest BCUT2D eigenvalue weighted by Gasteiger charge is -2.05. The maximum atomic E-state index is 5.78. The second kappa shape index (κ2) is 4.06. The fourth-order valence-electron chi connectivity index (χ4n) is 1.93. The van der Waals surface area contributed by atoms with E-state index in [0.29, 0.717) is 5.82 Å². The third-order valence-electron chi connectivity index (χ3n) is 2.83. The SMILES string of the molecule is CCc1c(N)nnn1-c1ccc2nccnc2c1. The molecule has 0 amide bonds. The zero-order valence-electron chi connectivity index (χ0n) is 9.91. The van der Waals surface area contributed by atoms with E-state index in [9.17, 15) is 0 Å². The topological polar surface area (TPSA) is 82.5 Å². The smallest absolute Gasteiger partial charge is 0.169 e. The van der Waals surface area contributed by atoms with Crippen LogP contribution < -0.4 is 5.73 Å². The van der Waals surface area contributed by atoms with Gasteiger partial charge >= 0.3 is 0 Å². The molecule has 6 heteroatoms. The first-order valence-electron chi connectivity index (χ1n) is 5.71. The van der Waals surface area contributed by atoms with Gasteiger partial charge in [-0.1, -0.05) is 12.1 Å². The zero-order valence-corrected chi connectivity index (χ0v) is 9.91. The van der Waals surface area contributed by atoms with E-state index in [-0.39, 0.29) is 0 Å². The molecule has 0 spiro atoms. The molecule has 3 aromatic rings. The highest BCUT2D eigenvalue weighted by atomic mass is 15.4. The van der Waals surface area contributed by atoms with Gasteiger partial charge in [0.1, 0.15) is 0 Å². The summed E-state index contributed by atoms with van der Waals surface area (Å²) in [6.07, 6.45) is 4.12. The van der Waals surface area contributed by atoms with Crippen molar-refractivity contribution in [3.8, 4) is 5.69 Å². The number of anilines is 1. The van der Waals surface area contributed by atoms with E-state index < -0.39 is 0 Å². The van der Waals surface area contributed by atoms with E-state index in [0.717, 1.165) is 28.8 Å². The number of nitrogens with two attached hydrogens (primary N) is 1. The Bertz CT molecular complexity index is 703. The van der Waals surface area contributed by atoms with Gasteiger partial charge in [-0.25, -0.2) is 4.68 Å². The fourth-order valence-corrected chi connectivity index (χ4v) is 1.93. The van der Waals surface area contributed by atoms with Gasteiger partial charge in [0.05, 0.1) is 22.4 Å². The van der Waals surface area contributed by atoms with Crippen molar-refractivity contribution in [2.24, 2.45) is 0 Å². The Hall–Kier alpha value is -2.50. The molecule has 0 unspecified atom stereocenters. The molecule has 18 heavy (non-hydrogen) atoms. The fraction of sp³-hybridized carbons (Fsp3) is 0.167. The molecule has 0 aliphatic carbocycles. The standard InChI is InChI=1S/C12H12N6/c1-2-11-12(13)16-17-18(11)8-3-4-9-10(7-8)15-6-5-14-9/h3-7H,2,13H2,1H3. The molecule has 0 radical (unpaired) electrons. The molecule has 3 rings (SSSR count). The number of hydrogen-bond acceptors (Lipinski definition) is 5. The molecule has 0 saturated heterocycles. The highest BCUT2D eigenvalue weighted by Crippen LogP contribution is 2.18. The summed E-state index contributed by atoms with van der Waals surface area (Å²) in [5.41, 5.74) is 9.25. The van der Waals surface area contributed by atoms with E-state index in [1.165, 1.54) is 0 Å². The lowest BCUT2D eigenvalue weighted by Crippen LogP contribution is -2.03. The summed E-state index contributed by atoms with van der Waals surface area (Å²) in [4.78, 5) is 8.51. The Morgan fingerprint density at radius 1 is 1.17 bits per heavy atom. The van der Waals surface area contributed by atoms with Gasteiger partial charge in [-0.3, -0.25) is 9.97 Å². The summed E-state index contributed by atoms with van der Waals surface area (Å²) < 4.78 is 1.74. The molecule has 2 heterocycles. The minimum absolute atomic E-state index is 0.469. The van der Waals surface area contributed by atoms with Crippen molar-refractivity contribution in [1.82, 2.24) is 25.0 Å². The average molecular weight is 240 g/mol. The van der Waals surface area contributed by atoms with Crippen LogP contribution in [0.5, 0.6) is 0 Å². The molecular weight excluding hydrogens is 228 g/mol. The van der Waals surface area contributed by atoms with Gasteiger partial charge in [-0.2, -0.15) is 0 Å². The Labute approximate surface area is 103 Å². The van der Waals surface area contributed by atoms with E-state index in [2.05, 4.69) is 20.3 Å². The normalized spacial score (nSPS) is 10.9. The van der Waals surface area contributed by atoms with Crippen LogP contribution >= 0.6 is 0 Å². The van der Waals surface area contributed by atoms with Crippen molar-refractivity contribution in [1.29, 1.82) is 0 Å². The van der Waals surface area contributed by atoms with Crippen LogP contribution in [0.3, 0.4) is 0 Å². The third kappa shape index (κ3) is 1.58. The quantitative estimate of drug-likeness (QED) is 0.731. The highest BCUT2D eigenvalue weighted by Gasteiger charge is 2.10. The maximum Gasteiger partial charge on any atom is 0.169 e. The molecule has 90 valence electrons. The van der Waals surface area contributed by atoms with Crippen molar-refractivity contribution in [2.75, 3.05) is 5.73 Å². The molecule has 0 aliphatic heterocycles. The van der Waals surface area contributed by atoms with E-state index >= 15 is 0 Å². The first kappa shape index (κ1) is 10.6. The van der Waals surface area contributed by atoms with E-state index in [1.54, 1.807) is 17.1 Å². The first-order chi connectivity index (χ1) is 8.79. The van der Waals surface area contributed by atoms with Gasteiger partial charge in [0.25, 0.3) is 0 Å². The van der Waals surface area contributed by atoms with Gasteiger partial charge < -0.3 is 5.73 Å². The summed E-state index contributed by atoms with van der Waals surface area (Å²) in [5.74, 6) is 0.469. The summed E-state index contributed by atoms with van der Waals surface area (Å²) in [7, 11) is 0. The predicted molar refractivity (Wildman–Crippen MR) is 68.2 cm³/mol. The number of rotatable bonds is 2. The summed E-state index contributed by atoms with van der Waals surface area (Å²) in [6, 6.07) is 5.77. The van der Waals surface area contributed by atoms with Crippen LogP contribution in [0.25, 0.3) is 16.7 Å². The second-order valence-electron chi connectivity index (χ2n) is 3.92. The van der Waals surface area contributed by atoms with Gasteiger partial charge in [0.15, 0.2) is 5.82 Å². The number of aromatic nitrogens is 5. The van der Waals surface area contributed by atoms with Crippen molar-refractivity contribution in [3.05, 3.63) is 36.3 Å². The minimum Gasteiger partial charge on any atom is -0.381 e. The van der Waals surface area contributed by atoms with Crippen LogP contribution in [0.15, 0.2) is 30.6 Å². The Morgan fingerprint density at radius 2 is 1.94 bits per heavy atom. The lowest BCUT2D eigenvalue weighted by atomic mass is 10.2. The van der Waals surface area contributed by atoms with Crippen LogP contribution in [-0.2, 0) is 6.42 Å². The Kier molecular flexibility index (Phi) is 2.40. The Balaban J connectivity index is 2.19. The summed E-state index contributed by atoms with van der Waals surface area (Å²) in [5, 5.41) is 7.96. The molecule has 0 fully saturated rings. The van der Waals surface area contributed by atoms with Gasteiger partial charge in [-0.15, -0.1) is 5.10 Å². The third-order valence-corrected chi connectivity index (χ3v) is 2.83. The van der Waals surface area contributed by atoms with Crippen molar-refractivity contribution in [3.63, 3.8) is 0 Å². The molecule has 0 atom stereocenters. The molecule has 0 bridgehead atoms. The van der Waals surface area contributed by atoms with Gasteiger partial charge in [0.2, 0.25) is 0 Å². The van der Waals surface area contributed by atoms with Gasteiger partial charge in [-0.05, 0) is 24.6 Å². The van der Waals surface area contributed by atoms with Crippen molar-refractivity contribution >= 4 is 16.9 Å². The first-order valence-corrected chi connectivity index (χ1v) is 5.71. The minimum atomic E-state index is 0.469. The molecule has 0 saturated carbocycles. The molecule has 2 N–H and O–H groups in total. The predicted octanol–water partition coefficient (Wildman–Crippen LogP) is 1.36. The van der Waals surface area contributed by atoms with Gasteiger partial charge in [0, 0.05) is 12.4 Å². The number of fused-ring (bicyclic) bond motifs is 1. The molecule has 2 aromatic heterocycles. The van der Waals surface area contributed by atoms with Crippen LogP contribution in [0.4, 0.5) is 5.82 Å². The van der Waals surface area contributed by atoms with Crippen LogP contribution in [0.2, 0.25) is 0 Å². The number of benzene rings is 1. The van der Waals surface area contributed by atoms with Crippen molar-refractivity contribution in [2.45, 2.75) is 13.3 Å². The summed E-state index contributed by atoms with van der Waals surface area (Å²) in [6.45, 7) is 2.02. The highest BCUT2D eigenvalue weighted by molar-refractivity contribution is 5.76. The average Bonchev–Trinajstić information content (AvgIpc) is 2.79. The van der Waals surface area contributed by atoms with Crippen LogP contribution in [0.1, 0.15) is 12.6 Å². The molecule has 6 nitrogen and oxygen atoms in total. The molecular formula is C12H12N6. The molecule has 0 aliphatic rings. The summed E-state index contributed by atoms with van der Waals surface area (Å²) >= 11 is 0. The van der Waals surface area contributed by atoms with Crippen molar-refractivity contribution < 1.29 is 0 Å². The Morgan fingerprint density at radius 3 is 2.72 bits per heavy atom. The van der Waals surface area contributed by atoms with Crippen LogP contribution in [-0.4, -0.2) is 25.0 Å². The lowest BCUT2D eigenvalue weighted by molar-refractivity contribution is 0.768. The van der Waals surface area contributed by atoms with E-state index in [4.69, 9.17) is 5.73 Å². The largest absolute Gasteiger partial charge is 0.381 e. The second-order valence-corrected chi connectivity index (χ2v) is 3.92. The number of nitrogens with zero attached hydrogens (tertiary/aromatic N) is 5.